The van der Waals surface area contributed by atoms with Gasteiger partial charge in [-0.1, -0.05) is 0 Å². The predicted octanol–water partition coefficient (Wildman–Crippen LogP) is 2.26. The fraction of sp³-hybridized carbons (Fsp3) is 0.588. The molecule has 1 aromatic rings. The Hall–Kier alpha value is -1.46. The van der Waals surface area contributed by atoms with Gasteiger partial charge in [-0.3, -0.25) is 4.79 Å². The lowest BCUT2D eigenvalue weighted by atomic mass is 9.93. The van der Waals surface area contributed by atoms with Crippen molar-refractivity contribution >= 4 is 18.3 Å². The van der Waals surface area contributed by atoms with Crippen molar-refractivity contribution in [2.24, 2.45) is 5.92 Å². The Bertz CT molecular complexity index is 554. The minimum absolute atomic E-state index is 0. The van der Waals surface area contributed by atoms with Gasteiger partial charge in [-0.05, 0) is 44.4 Å². The molecule has 23 heavy (non-hydrogen) atoms. The van der Waals surface area contributed by atoms with Gasteiger partial charge in [0, 0.05) is 30.3 Å². The van der Waals surface area contributed by atoms with Crippen LogP contribution in [0.3, 0.4) is 0 Å². The lowest BCUT2D eigenvalue weighted by Gasteiger charge is -2.35. The summed E-state index contributed by atoms with van der Waals surface area (Å²) in [5.41, 5.74) is 1.56. The average molecular weight is 341 g/mol. The van der Waals surface area contributed by atoms with E-state index < -0.39 is 0 Å². The van der Waals surface area contributed by atoms with Crippen LogP contribution in [-0.2, 0) is 0 Å². The average Bonchev–Trinajstić information content (AvgIpc) is 3.02. The van der Waals surface area contributed by atoms with Crippen molar-refractivity contribution in [1.82, 2.24) is 10.2 Å². The molecule has 2 atom stereocenters. The molecule has 128 valence electrons. The summed E-state index contributed by atoms with van der Waals surface area (Å²) < 4.78 is 10.7. The highest BCUT2D eigenvalue weighted by Crippen LogP contribution is 2.31. The number of methoxy groups -OCH3 is 2. The Labute approximate surface area is 143 Å². The number of fused-ring (bicyclic) bond motifs is 1. The van der Waals surface area contributed by atoms with Gasteiger partial charge in [-0.15, -0.1) is 12.4 Å². The molecule has 2 heterocycles. The van der Waals surface area contributed by atoms with Crippen molar-refractivity contribution in [3.8, 4) is 11.5 Å². The summed E-state index contributed by atoms with van der Waals surface area (Å²) >= 11 is 0. The molecule has 3 rings (SSSR count). The van der Waals surface area contributed by atoms with Crippen LogP contribution >= 0.6 is 12.4 Å². The molecule has 0 aliphatic carbocycles. The van der Waals surface area contributed by atoms with Gasteiger partial charge in [0.15, 0.2) is 0 Å². The SMILES string of the molecule is COc1cc(C(=O)N2CCC3NCCC3C2)cc(OC)c1C.Cl. The first-order chi connectivity index (χ1) is 10.6. The third-order valence-electron chi connectivity index (χ3n) is 4.94. The minimum Gasteiger partial charge on any atom is -0.496 e. The first-order valence-corrected chi connectivity index (χ1v) is 7.89. The largest absolute Gasteiger partial charge is 0.496 e. The maximum absolute atomic E-state index is 12.8. The summed E-state index contributed by atoms with van der Waals surface area (Å²) in [6.45, 7) is 4.66. The van der Waals surface area contributed by atoms with E-state index in [4.69, 9.17) is 9.47 Å². The number of ether oxygens (including phenoxy) is 2. The lowest BCUT2D eigenvalue weighted by molar-refractivity contribution is 0.0661. The van der Waals surface area contributed by atoms with E-state index in [0.717, 1.165) is 38.0 Å². The van der Waals surface area contributed by atoms with E-state index >= 15 is 0 Å². The molecule has 1 amide bonds. The monoisotopic (exact) mass is 340 g/mol. The van der Waals surface area contributed by atoms with E-state index in [1.165, 1.54) is 0 Å². The van der Waals surface area contributed by atoms with Crippen molar-refractivity contribution in [2.45, 2.75) is 25.8 Å². The molecule has 0 radical (unpaired) electrons. The van der Waals surface area contributed by atoms with Crippen LogP contribution in [-0.4, -0.2) is 50.7 Å². The molecule has 0 saturated carbocycles. The number of halogens is 1. The molecule has 1 N–H and O–H groups in total. The van der Waals surface area contributed by atoms with Crippen molar-refractivity contribution in [2.75, 3.05) is 33.9 Å². The van der Waals surface area contributed by atoms with Gasteiger partial charge in [-0.25, -0.2) is 0 Å². The maximum Gasteiger partial charge on any atom is 0.254 e. The number of amides is 1. The van der Waals surface area contributed by atoms with Gasteiger partial charge >= 0.3 is 0 Å². The number of nitrogens with zero attached hydrogens (tertiary/aromatic N) is 1. The molecule has 1 aromatic carbocycles. The van der Waals surface area contributed by atoms with Gasteiger partial charge in [0.25, 0.3) is 5.91 Å². The molecule has 0 aromatic heterocycles. The number of benzene rings is 1. The Morgan fingerprint density at radius 2 is 1.87 bits per heavy atom. The zero-order chi connectivity index (χ0) is 15.7. The summed E-state index contributed by atoms with van der Waals surface area (Å²) in [5.74, 6) is 2.05. The molecular weight excluding hydrogens is 316 g/mol. The van der Waals surface area contributed by atoms with E-state index in [0.29, 0.717) is 29.0 Å². The summed E-state index contributed by atoms with van der Waals surface area (Å²) in [5, 5.41) is 3.52. The van der Waals surface area contributed by atoms with Crippen LogP contribution < -0.4 is 14.8 Å². The van der Waals surface area contributed by atoms with Crippen molar-refractivity contribution in [1.29, 1.82) is 0 Å². The lowest BCUT2D eigenvalue weighted by Crippen LogP contribution is -2.46. The van der Waals surface area contributed by atoms with E-state index in [2.05, 4.69) is 5.32 Å². The topological polar surface area (TPSA) is 50.8 Å². The zero-order valence-corrected chi connectivity index (χ0v) is 14.7. The standard InChI is InChI=1S/C17H24N2O3.ClH/c1-11-15(21-2)8-13(9-16(11)22-3)17(20)19-7-5-14-12(10-19)4-6-18-14;/h8-9,12,14,18H,4-7,10H2,1-3H3;1H. The maximum atomic E-state index is 12.8. The quantitative estimate of drug-likeness (QED) is 0.917. The molecule has 5 nitrogen and oxygen atoms in total. The van der Waals surface area contributed by atoms with E-state index in [1.54, 1.807) is 14.2 Å². The Morgan fingerprint density at radius 1 is 1.22 bits per heavy atom. The highest BCUT2D eigenvalue weighted by Gasteiger charge is 2.34. The van der Waals surface area contributed by atoms with Crippen molar-refractivity contribution in [3.63, 3.8) is 0 Å². The fourth-order valence-electron chi connectivity index (χ4n) is 3.62. The zero-order valence-electron chi connectivity index (χ0n) is 13.9. The van der Waals surface area contributed by atoms with Gasteiger partial charge < -0.3 is 19.7 Å². The van der Waals surface area contributed by atoms with E-state index in [-0.39, 0.29) is 18.3 Å². The van der Waals surface area contributed by atoms with Gasteiger partial charge in [0.05, 0.1) is 14.2 Å². The molecule has 0 bridgehead atoms. The van der Waals surface area contributed by atoms with E-state index in [1.807, 2.05) is 24.0 Å². The number of carbonyl (C=O) groups is 1. The molecule has 2 saturated heterocycles. The summed E-state index contributed by atoms with van der Waals surface area (Å²) in [4.78, 5) is 14.8. The number of hydrogen-bond acceptors (Lipinski definition) is 4. The molecule has 2 aliphatic heterocycles. The highest BCUT2D eigenvalue weighted by atomic mass is 35.5. The number of carbonyl (C=O) groups excluding carboxylic acids is 1. The van der Waals surface area contributed by atoms with Crippen LogP contribution in [0, 0.1) is 12.8 Å². The third kappa shape index (κ3) is 3.40. The van der Waals surface area contributed by atoms with Crippen LogP contribution in [0.2, 0.25) is 0 Å². The molecular formula is C17H25ClN2O3. The summed E-state index contributed by atoms with van der Waals surface area (Å²) in [6, 6.07) is 4.23. The number of nitrogens with one attached hydrogen (secondary N) is 1. The number of likely N-dealkylation sites (tertiary alicyclic amines) is 1. The first-order valence-electron chi connectivity index (χ1n) is 7.89. The Morgan fingerprint density at radius 3 is 2.48 bits per heavy atom. The van der Waals surface area contributed by atoms with Crippen molar-refractivity contribution < 1.29 is 14.3 Å². The van der Waals surface area contributed by atoms with Crippen LogP contribution in [0.25, 0.3) is 0 Å². The van der Waals surface area contributed by atoms with E-state index in [9.17, 15) is 4.79 Å². The second-order valence-corrected chi connectivity index (χ2v) is 6.15. The van der Waals surface area contributed by atoms with Crippen LogP contribution in [0.4, 0.5) is 0 Å². The summed E-state index contributed by atoms with van der Waals surface area (Å²) in [7, 11) is 3.23. The number of hydrogen-bond donors (Lipinski definition) is 1. The minimum atomic E-state index is 0. The third-order valence-corrected chi connectivity index (χ3v) is 4.94. The molecule has 2 fully saturated rings. The van der Waals surface area contributed by atoms with Crippen LogP contribution in [0.15, 0.2) is 12.1 Å². The number of rotatable bonds is 3. The predicted molar refractivity (Wildman–Crippen MR) is 91.9 cm³/mol. The number of piperidine rings is 1. The van der Waals surface area contributed by atoms with Crippen LogP contribution in [0.1, 0.15) is 28.8 Å². The second kappa shape index (κ2) is 7.41. The van der Waals surface area contributed by atoms with Gasteiger partial charge in [0.1, 0.15) is 11.5 Å². The van der Waals surface area contributed by atoms with Gasteiger partial charge in [0.2, 0.25) is 0 Å². The Kier molecular flexibility index (Phi) is 5.76. The fourth-order valence-corrected chi connectivity index (χ4v) is 3.62. The van der Waals surface area contributed by atoms with Crippen molar-refractivity contribution in [3.05, 3.63) is 23.3 Å². The normalized spacial score (nSPS) is 23.0. The molecule has 2 unspecified atom stereocenters. The second-order valence-electron chi connectivity index (χ2n) is 6.15. The molecule has 6 heteroatoms. The van der Waals surface area contributed by atoms with Crippen LogP contribution in [0.5, 0.6) is 11.5 Å². The summed E-state index contributed by atoms with van der Waals surface area (Å²) in [6.07, 6.45) is 2.20. The first kappa shape index (κ1) is 17.9. The smallest absolute Gasteiger partial charge is 0.254 e. The Balaban J connectivity index is 0.00000192. The highest BCUT2D eigenvalue weighted by molar-refractivity contribution is 5.95. The molecule has 0 spiro atoms. The van der Waals surface area contributed by atoms with Gasteiger partial charge in [-0.2, -0.15) is 0 Å². The molecule has 2 aliphatic rings.